The van der Waals surface area contributed by atoms with Crippen LogP contribution >= 0.6 is 0 Å². The Morgan fingerprint density at radius 2 is 2.38 bits per heavy atom. The molecule has 4 heteroatoms. The van der Waals surface area contributed by atoms with Crippen LogP contribution < -0.4 is 5.32 Å². The fourth-order valence-electron chi connectivity index (χ4n) is 0.884. The first kappa shape index (κ1) is 9.80. The van der Waals surface area contributed by atoms with E-state index >= 15 is 0 Å². The highest BCUT2D eigenvalue weighted by Gasteiger charge is 2.09. The number of rotatable bonds is 3. The standard InChI is InChI=1S/C9H13NO3/c1-6(11)5-10-9(12)8-4-3-7(2)13-8/h3-4,6,11H,5H2,1-2H3,(H,10,12)/t6-/m0/s1. The Balaban J connectivity index is 2.49. The van der Waals surface area contributed by atoms with Gasteiger partial charge in [-0.25, -0.2) is 0 Å². The van der Waals surface area contributed by atoms with E-state index < -0.39 is 6.10 Å². The number of hydrogen-bond donors (Lipinski definition) is 2. The molecule has 0 radical (unpaired) electrons. The maximum absolute atomic E-state index is 11.2. The average Bonchev–Trinajstić information content (AvgIpc) is 2.47. The van der Waals surface area contributed by atoms with Crippen molar-refractivity contribution in [2.24, 2.45) is 0 Å². The zero-order valence-corrected chi connectivity index (χ0v) is 7.70. The number of aliphatic hydroxyl groups excluding tert-OH is 1. The number of carbonyl (C=O) groups excluding carboxylic acids is 1. The van der Waals surface area contributed by atoms with Gasteiger partial charge in [-0.15, -0.1) is 0 Å². The first-order valence-corrected chi connectivity index (χ1v) is 4.12. The minimum Gasteiger partial charge on any atom is -0.456 e. The zero-order chi connectivity index (χ0) is 9.84. The third-order valence-corrected chi connectivity index (χ3v) is 1.52. The number of carbonyl (C=O) groups is 1. The van der Waals surface area contributed by atoms with Crippen LogP contribution in [0.15, 0.2) is 16.5 Å². The fraction of sp³-hybridized carbons (Fsp3) is 0.444. The predicted octanol–water partition coefficient (Wildman–Crippen LogP) is 0.699. The van der Waals surface area contributed by atoms with Crippen molar-refractivity contribution in [1.82, 2.24) is 5.32 Å². The Kier molecular flexibility index (Phi) is 3.08. The normalized spacial score (nSPS) is 12.5. The number of nitrogens with one attached hydrogen (secondary N) is 1. The summed E-state index contributed by atoms with van der Waals surface area (Å²) in [5.41, 5.74) is 0. The van der Waals surface area contributed by atoms with Gasteiger partial charge in [0.05, 0.1) is 6.10 Å². The van der Waals surface area contributed by atoms with Crippen molar-refractivity contribution in [3.63, 3.8) is 0 Å². The number of furan rings is 1. The van der Waals surface area contributed by atoms with Gasteiger partial charge in [-0.2, -0.15) is 0 Å². The van der Waals surface area contributed by atoms with Crippen molar-refractivity contribution in [2.45, 2.75) is 20.0 Å². The van der Waals surface area contributed by atoms with Crippen LogP contribution in [0.5, 0.6) is 0 Å². The molecule has 0 unspecified atom stereocenters. The molecular weight excluding hydrogens is 170 g/mol. The molecule has 0 aliphatic carbocycles. The zero-order valence-electron chi connectivity index (χ0n) is 7.70. The number of aliphatic hydroxyl groups is 1. The smallest absolute Gasteiger partial charge is 0.287 e. The van der Waals surface area contributed by atoms with Crippen LogP contribution in [-0.4, -0.2) is 23.7 Å². The summed E-state index contributed by atoms with van der Waals surface area (Å²) < 4.78 is 5.08. The highest BCUT2D eigenvalue weighted by atomic mass is 16.3. The van der Waals surface area contributed by atoms with Crippen LogP contribution in [0.4, 0.5) is 0 Å². The molecule has 1 rings (SSSR count). The molecule has 0 saturated heterocycles. The summed E-state index contributed by atoms with van der Waals surface area (Å²) >= 11 is 0. The second kappa shape index (κ2) is 4.09. The Morgan fingerprint density at radius 3 is 2.85 bits per heavy atom. The molecule has 1 atom stereocenters. The molecule has 0 fully saturated rings. The minimum absolute atomic E-state index is 0.235. The monoisotopic (exact) mass is 183 g/mol. The second-order valence-corrected chi connectivity index (χ2v) is 2.97. The molecule has 0 aliphatic heterocycles. The lowest BCUT2D eigenvalue weighted by atomic mass is 10.3. The van der Waals surface area contributed by atoms with Gasteiger partial charge in [0, 0.05) is 6.54 Å². The topological polar surface area (TPSA) is 62.5 Å². The Hall–Kier alpha value is -1.29. The van der Waals surface area contributed by atoms with Gasteiger partial charge in [0.25, 0.3) is 5.91 Å². The molecule has 4 nitrogen and oxygen atoms in total. The Bertz CT molecular complexity index is 291. The quantitative estimate of drug-likeness (QED) is 0.725. The lowest BCUT2D eigenvalue weighted by Gasteiger charge is -2.04. The summed E-state index contributed by atoms with van der Waals surface area (Å²) in [5.74, 6) is 0.675. The van der Waals surface area contributed by atoms with E-state index in [1.807, 2.05) is 0 Å². The van der Waals surface area contributed by atoms with Gasteiger partial charge in [0.2, 0.25) is 0 Å². The van der Waals surface area contributed by atoms with Gasteiger partial charge in [0.15, 0.2) is 5.76 Å². The first-order chi connectivity index (χ1) is 6.09. The van der Waals surface area contributed by atoms with Crippen molar-refractivity contribution in [1.29, 1.82) is 0 Å². The van der Waals surface area contributed by atoms with Crippen LogP contribution in [0, 0.1) is 6.92 Å². The Labute approximate surface area is 76.6 Å². The van der Waals surface area contributed by atoms with E-state index in [-0.39, 0.29) is 18.2 Å². The highest BCUT2D eigenvalue weighted by Crippen LogP contribution is 2.05. The lowest BCUT2D eigenvalue weighted by Crippen LogP contribution is -2.30. The SMILES string of the molecule is Cc1ccc(C(=O)NC[C@H](C)O)o1. The van der Waals surface area contributed by atoms with Gasteiger partial charge in [-0.1, -0.05) is 0 Å². The molecule has 1 aromatic heterocycles. The molecule has 0 bridgehead atoms. The van der Waals surface area contributed by atoms with Crippen molar-refractivity contribution in [3.05, 3.63) is 23.7 Å². The molecule has 0 aliphatic rings. The second-order valence-electron chi connectivity index (χ2n) is 2.97. The molecule has 0 saturated carbocycles. The van der Waals surface area contributed by atoms with Crippen LogP contribution in [0.3, 0.4) is 0 Å². The summed E-state index contributed by atoms with van der Waals surface area (Å²) in [6.07, 6.45) is -0.542. The summed E-state index contributed by atoms with van der Waals surface area (Å²) in [6.45, 7) is 3.61. The largest absolute Gasteiger partial charge is 0.456 e. The maximum Gasteiger partial charge on any atom is 0.287 e. The summed E-state index contributed by atoms with van der Waals surface area (Å²) in [6, 6.07) is 3.32. The van der Waals surface area contributed by atoms with Gasteiger partial charge >= 0.3 is 0 Å². The molecule has 1 heterocycles. The van der Waals surface area contributed by atoms with Crippen LogP contribution in [0.1, 0.15) is 23.2 Å². The predicted molar refractivity (Wildman–Crippen MR) is 47.5 cm³/mol. The van der Waals surface area contributed by atoms with E-state index in [4.69, 9.17) is 9.52 Å². The number of amides is 1. The molecule has 2 N–H and O–H groups in total. The van der Waals surface area contributed by atoms with Crippen molar-refractivity contribution >= 4 is 5.91 Å². The minimum atomic E-state index is -0.542. The third kappa shape index (κ3) is 2.91. The van der Waals surface area contributed by atoms with Gasteiger partial charge in [0.1, 0.15) is 5.76 Å². The first-order valence-electron chi connectivity index (χ1n) is 4.12. The maximum atomic E-state index is 11.2. The number of hydrogen-bond acceptors (Lipinski definition) is 3. The molecule has 13 heavy (non-hydrogen) atoms. The molecule has 1 amide bonds. The fourth-order valence-corrected chi connectivity index (χ4v) is 0.884. The van der Waals surface area contributed by atoms with E-state index in [1.165, 1.54) is 0 Å². The molecular formula is C9H13NO3. The van der Waals surface area contributed by atoms with E-state index in [0.29, 0.717) is 5.76 Å². The highest BCUT2D eigenvalue weighted by molar-refractivity contribution is 5.91. The van der Waals surface area contributed by atoms with Gasteiger partial charge in [-0.3, -0.25) is 4.79 Å². The molecule has 72 valence electrons. The van der Waals surface area contributed by atoms with E-state index in [1.54, 1.807) is 26.0 Å². The number of aryl methyl sites for hydroxylation is 1. The van der Waals surface area contributed by atoms with Crippen LogP contribution in [-0.2, 0) is 0 Å². The summed E-state index contributed by atoms with van der Waals surface area (Å²) in [5, 5.41) is 11.4. The van der Waals surface area contributed by atoms with Gasteiger partial charge in [-0.05, 0) is 26.0 Å². The molecule has 1 aromatic rings. The molecule has 0 aromatic carbocycles. The van der Waals surface area contributed by atoms with Gasteiger partial charge < -0.3 is 14.8 Å². The summed E-state index contributed by atoms with van der Waals surface area (Å²) in [4.78, 5) is 11.2. The van der Waals surface area contributed by atoms with E-state index in [0.717, 1.165) is 0 Å². The van der Waals surface area contributed by atoms with Crippen molar-refractivity contribution in [3.8, 4) is 0 Å². The Morgan fingerprint density at radius 1 is 1.69 bits per heavy atom. The van der Waals surface area contributed by atoms with E-state index in [2.05, 4.69) is 5.32 Å². The van der Waals surface area contributed by atoms with Crippen molar-refractivity contribution in [2.75, 3.05) is 6.54 Å². The average molecular weight is 183 g/mol. The van der Waals surface area contributed by atoms with Crippen molar-refractivity contribution < 1.29 is 14.3 Å². The third-order valence-electron chi connectivity index (χ3n) is 1.52. The van der Waals surface area contributed by atoms with Crippen LogP contribution in [0.25, 0.3) is 0 Å². The van der Waals surface area contributed by atoms with E-state index in [9.17, 15) is 4.79 Å². The van der Waals surface area contributed by atoms with Crippen LogP contribution in [0.2, 0.25) is 0 Å². The lowest BCUT2D eigenvalue weighted by molar-refractivity contribution is 0.0895. The molecule has 0 spiro atoms. The summed E-state index contributed by atoms with van der Waals surface area (Å²) in [7, 11) is 0.